The smallest absolute Gasteiger partial charge is 0.323 e. The lowest BCUT2D eigenvalue weighted by atomic mass is 10.1. The zero-order chi connectivity index (χ0) is 21.6. The molecular weight excluding hydrogens is 397 g/mol. The van der Waals surface area contributed by atoms with Crippen molar-refractivity contribution in [2.45, 2.75) is 51.4 Å². The number of aliphatic hydroxyl groups excluding tert-OH is 1. The normalized spacial score (nSPS) is 19.4. The van der Waals surface area contributed by atoms with Crippen LogP contribution in [0.4, 0.5) is 13.6 Å². The summed E-state index contributed by atoms with van der Waals surface area (Å²) in [6.07, 6.45) is 0.748. The summed E-state index contributed by atoms with van der Waals surface area (Å²) < 4.78 is 45.2. The summed E-state index contributed by atoms with van der Waals surface area (Å²) in [4.78, 5) is 23.5. The number of hydrogen-bond acceptors (Lipinski definition) is 6. The van der Waals surface area contributed by atoms with E-state index in [1.54, 1.807) is 13.8 Å². The summed E-state index contributed by atoms with van der Waals surface area (Å²) in [5.41, 5.74) is 0. The number of aliphatic hydroxyl groups is 1. The number of urea groups is 1. The van der Waals surface area contributed by atoms with E-state index in [2.05, 4.69) is 5.32 Å². The first-order chi connectivity index (χ1) is 13.4. The maximum atomic E-state index is 14.5. The van der Waals surface area contributed by atoms with Crippen LogP contribution in [0.1, 0.15) is 33.1 Å². The summed E-state index contributed by atoms with van der Waals surface area (Å²) in [6, 6.07) is -0.534. The molecule has 0 aromatic rings. The highest BCUT2D eigenvalue weighted by atomic mass is 31.2. The van der Waals surface area contributed by atoms with Crippen molar-refractivity contribution < 1.29 is 37.3 Å². The molecule has 0 aromatic carbocycles. The molecule has 1 rings (SSSR count). The molecule has 1 heterocycles. The summed E-state index contributed by atoms with van der Waals surface area (Å²) in [5.74, 6) is -3.06. The van der Waals surface area contributed by atoms with Gasteiger partial charge in [0.05, 0.1) is 13.2 Å². The highest BCUT2D eigenvalue weighted by molar-refractivity contribution is 7.47. The van der Waals surface area contributed by atoms with Crippen molar-refractivity contribution >= 4 is 20.7 Å². The lowest BCUT2D eigenvalue weighted by molar-refractivity contribution is -0.147. The molecule has 2 amide bonds. The molecule has 2 unspecified atom stereocenters. The minimum absolute atomic E-state index is 0.110. The number of alkyl halides is 2. The molecule has 164 valence electrons. The Labute approximate surface area is 166 Å². The Kier molecular flexibility index (Phi) is 14.1. The van der Waals surface area contributed by atoms with Gasteiger partial charge in [0, 0.05) is 32.9 Å². The molecule has 0 saturated carbocycles. The quantitative estimate of drug-likeness (QED) is 0.298. The number of carbonyl (C=O) groups excluding carboxylic acids is 2. The first kappa shape index (κ1) is 26.8. The fraction of sp³-hybridized carbons (Fsp3) is 0.765. The number of nitrogens with one attached hydrogen (secondary N) is 1. The topological polar surface area (TPSA) is 97.3 Å². The fourth-order valence-electron chi connectivity index (χ4n) is 2.54. The molecule has 2 atom stereocenters. The number of ether oxygens (including phenoxy) is 1. The van der Waals surface area contributed by atoms with Crippen LogP contribution in [0.2, 0.25) is 0 Å². The fourth-order valence-corrected chi connectivity index (χ4v) is 3.93. The van der Waals surface area contributed by atoms with E-state index in [1.165, 1.54) is 13.2 Å². The number of allylic oxidation sites excluding steroid dienone is 1. The van der Waals surface area contributed by atoms with E-state index in [9.17, 15) is 18.4 Å². The van der Waals surface area contributed by atoms with Gasteiger partial charge < -0.3 is 24.2 Å². The predicted molar refractivity (Wildman–Crippen MR) is 102 cm³/mol. The van der Waals surface area contributed by atoms with Gasteiger partial charge in [0.2, 0.25) is 0 Å². The number of aldehydes is 1. The Morgan fingerprint density at radius 3 is 2.43 bits per heavy atom. The summed E-state index contributed by atoms with van der Waals surface area (Å²) in [7, 11) is 1.07. The minimum Gasteiger partial charge on any atom is -0.400 e. The molecule has 11 heteroatoms. The molecule has 1 aliphatic heterocycles. The first-order valence-electron chi connectivity index (χ1n) is 9.02. The van der Waals surface area contributed by atoms with Gasteiger partial charge in [0.1, 0.15) is 18.6 Å². The second kappa shape index (κ2) is 14.8. The Hall–Kier alpha value is -1.19. The average molecular weight is 428 g/mol. The van der Waals surface area contributed by atoms with Crippen LogP contribution in [-0.2, 0) is 18.6 Å². The van der Waals surface area contributed by atoms with Crippen molar-refractivity contribution in [3.8, 4) is 0 Å². The van der Waals surface area contributed by atoms with Crippen molar-refractivity contribution in [3.63, 3.8) is 0 Å². The van der Waals surface area contributed by atoms with Gasteiger partial charge in [0.15, 0.2) is 8.38 Å². The number of carbonyl (C=O) groups is 2. The molecular formula is C17H31F2N2O6P. The van der Waals surface area contributed by atoms with Crippen LogP contribution in [-0.4, -0.2) is 74.1 Å². The molecule has 28 heavy (non-hydrogen) atoms. The molecule has 0 aliphatic carbocycles. The lowest BCUT2D eigenvalue weighted by Crippen LogP contribution is -2.43. The SMILES string of the molecule is CCOP(CCC(F)(F)C1CCC(N(/C=C\C=O)C(=O)NC)O1)OCC.CO. The molecule has 1 aliphatic rings. The summed E-state index contributed by atoms with van der Waals surface area (Å²) in [5, 5.41) is 9.39. The molecule has 0 bridgehead atoms. The standard InChI is InChI=1S/C16H27F2N2O5P.CH4O/c1-4-23-26(24-5-2)12-9-16(17,18)13-7-8-14(25-13)20(10-6-11-21)15(22)19-3;1-2/h6,10-11,13-14H,4-5,7-9,12H2,1-3H3,(H,19,22);2H,1H3/b10-6-;. The van der Waals surface area contributed by atoms with Gasteiger partial charge >= 0.3 is 6.03 Å². The Balaban J connectivity index is 0.00000352. The van der Waals surface area contributed by atoms with Crippen LogP contribution < -0.4 is 5.32 Å². The number of hydrogen-bond donors (Lipinski definition) is 2. The van der Waals surface area contributed by atoms with Gasteiger partial charge in [-0.1, -0.05) is 0 Å². The third-order valence-corrected chi connectivity index (χ3v) is 5.41. The third-order valence-electron chi connectivity index (χ3n) is 3.73. The number of amides is 2. The largest absolute Gasteiger partial charge is 0.400 e. The zero-order valence-corrected chi connectivity index (χ0v) is 17.7. The van der Waals surface area contributed by atoms with Crippen molar-refractivity contribution in [2.75, 3.05) is 33.5 Å². The molecule has 0 spiro atoms. The Morgan fingerprint density at radius 1 is 1.32 bits per heavy atom. The van der Waals surface area contributed by atoms with Crippen LogP contribution in [0.3, 0.4) is 0 Å². The highest BCUT2D eigenvalue weighted by Crippen LogP contribution is 2.43. The molecule has 0 aromatic heterocycles. The van der Waals surface area contributed by atoms with Crippen molar-refractivity contribution in [3.05, 3.63) is 12.3 Å². The van der Waals surface area contributed by atoms with E-state index in [4.69, 9.17) is 18.9 Å². The Morgan fingerprint density at radius 2 is 1.93 bits per heavy atom. The molecule has 2 N–H and O–H groups in total. The van der Waals surface area contributed by atoms with E-state index in [-0.39, 0.29) is 19.0 Å². The van der Waals surface area contributed by atoms with E-state index in [0.29, 0.717) is 19.5 Å². The predicted octanol–water partition coefficient (Wildman–Crippen LogP) is 2.86. The first-order valence-corrected chi connectivity index (χ1v) is 10.4. The maximum Gasteiger partial charge on any atom is 0.323 e. The molecule has 1 saturated heterocycles. The average Bonchev–Trinajstić information content (AvgIpc) is 3.19. The third kappa shape index (κ3) is 8.87. The van der Waals surface area contributed by atoms with Crippen molar-refractivity contribution in [2.24, 2.45) is 0 Å². The highest BCUT2D eigenvalue weighted by Gasteiger charge is 2.46. The number of nitrogens with zero attached hydrogens (tertiary/aromatic N) is 1. The van der Waals surface area contributed by atoms with Crippen LogP contribution in [0.5, 0.6) is 0 Å². The monoisotopic (exact) mass is 428 g/mol. The van der Waals surface area contributed by atoms with Crippen molar-refractivity contribution in [1.82, 2.24) is 10.2 Å². The van der Waals surface area contributed by atoms with Crippen LogP contribution >= 0.6 is 8.38 Å². The van der Waals surface area contributed by atoms with Gasteiger partial charge in [0.25, 0.3) is 5.92 Å². The minimum atomic E-state index is -3.06. The van der Waals surface area contributed by atoms with E-state index >= 15 is 0 Å². The second-order valence-corrected chi connectivity index (χ2v) is 7.13. The van der Waals surface area contributed by atoms with Crippen LogP contribution in [0.15, 0.2) is 12.3 Å². The van der Waals surface area contributed by atoms with Crippen LogP contribution in [0, 0.1) is 0 Å². The summed E-state index contributed by atoms with van der Waals surface area (Å²) in [6.45, 7) is 4.39. The number of halogens is 2. The van der Waals surface area contributed by atoms with E-state index in [1.807, 2.05) is 0 Å². The van der Waals surface area contributed by atoms with Gasteiger partial charge in [-0.25, -0.2) is 13.6 Å². The van der Waals surface area contributed by atoms with Crippen LogP contribution in [0.25, 0.3) is 0 Å². The van der Waals surface area contributed by atoms with Gasteiger partial charge in [-0.3, -0.25) is 9.69 Å². The molecule has 1 fully saturated rings. The second-order valence-electron chi connectivity index (χ2n) is 5.50. The Bertz CT molecular complexity index is 479. The zero-order valence-electron chi connectivity index (χ0n) is 16.8. The van der Waals surface area contributed by atoms with E-state index < -0.39 is 39.1 Å². The maximum absolute atomic E-state index is 14.5. The van der Waals surface area contributed by atoms with Crippen molar-refractivity contribution in [1.29, 1.82) is 0 Å². The number of rotatable bonds is 11. The van der Waals surface area contributed by atoms with Gasteiger partial charge in [-0.05, 0) is 32.8 Å². The van der Waals surface area contributed by atoms with Gasteiger partial charge in [-0.15, -0.1) is 0 Å². The molecule has 8 nitrogen and oxygen atoms in total. The lowest BCUT2D eigenvalue weighted by Gasteiger charge is -2.28. The van der Waals surface area contributed by atoms with E-state index in [0.717, 1.165) is 18.1 Å². The van der Waals surface area contributed by atoms with Gasteiger partial charge in [-0.2, -0.15) is 0 Å². The molecule has 0 radical (unpaired) electrons. The summed E-state index contributed by atoms with van der Waals surface area (Å²) >= 11 is 0.